The van der Waals surface area contributed by atoms with Gasteiger partial charge in [-0.1, -0.05) is 18.2 Å². The van der Waals surface area contributed by atoms with Crippen LogP contribution in [0.4, 0.5) is 26.3 Å². The maximum Gasteiger partial charge on any atom is 0.433 e. The Morgan fingerprint density at radius 3 is 2.04 bits per heavy atom. The summed E-state index contributed by atoms with van der Waals surface area (Å²) >= 11 is 0. The molecule has 0 spiro atoms. The van der Waals surface area contributed by atoms with Crippen LogP contribution >= 0.6 is 0 Å². The Labute approximate surface area is 125 Å². The first-order valence-corrected chi connectivity index (χ1v) is 5.99. The van der Waals surface area contributed by atoms with E-state index in [1.807, 2.05) is 0 Å². The van der Waals surface area contributed by atoms with Crippen LogP contribution in [0.1, 0.15) is 21.6 Å². The Morgan fingerprint density at radius 1 is 0.957 bits per heavy atom. The van der Waals surface area contributed by atoms with Crippen molar-refractivity contribution in [2.45, 2.75) is 12.4 Å². The van der Waals surface area contributed by atoms with Gasteiger partial charge in [0, 0.05) is 11.8 Å². The molecule has 9 heteroatoms. The molecule has 1 heterocycles. The first-order chi connectivity index (χ1) is 10.5. The molecule has 0 aliphatic heterocycles. The first-order valence-electron chi connectivity index (χ1n) is 5.99. The number of halogens is 6. The summed E-state index contributed by atoms with van der Waals surface area (Å²) in [6.07, 6.45) is -8.93. The first kappa shape index (κ1) is 16.8. The number of rotatable bonds is 2. The highest BCUT2D eigenvalue weighted by atomic mass is 19.4. The van der Waals surface area contributed by atoms with E-state index < -0.39 is 35.1 Å². The molecule has 0 amide bonds. The topological polar surface area (TPSA) is 50.2 Å². The quantitative estimate of drug-likeness (QED) is 0.823. The molecule has 3 nitrogen and oxygen atoms in total. The molecule has 23 heavy (non-hydrogen) atoms. The van der Waals surface area contributed by atoms with Gasteiger partial charge >= 0.3 is 18.3 Å². The van der Waals surface area contributed by atoms with Gasteiger partial charge in [-0.25, -0.2) is 4.79 Å². The largest absolute Gasteiger partial charge is 0.478 e. The van der Waals surface area contributed by atoms with Gasteiger partial charge in [-0.2, -0.15) is 26.3 Å². The molecule has 0 radical (unpaired) electrons. The van der Waals surface area contributed by atoms with Crippen molar-refractivity contribution in [1.82, 2.24) is 4.98 Å². The predicted molar refractivity (Wildman–Crippen MR) is 66.6 cm³/mol. The van der Waals surface area contributed by atoms with E-state index in [-0.39, 0.29) is 11.1 Å². The third kappa shape index (κ3) is 3.43. The number of carboxylic acid groups (broad SMARTS) is 1. The number of hydrogen-bond acceptors (Lipinski definition) is 2. The molecule has 0 aliphatic carbocycles. The Balaban J connectivity index is 2.62. The molecule has 1 aromatic heterocycles. The van der Waals surface area contributed by atoms with E-state index in [9.17, 15) is 31.1 Å². The van der Waals surface area contributed by atoms with Gasteiger partial charge in [0.1, 0.15) is 5.69 Å². The molecule has 2 aromatic rings. The second-order valence-electron chi connectivity index (χ2n) is 4.46. The highest BCUT2D eigenvalue weighted by Crippen LogP contribution is 2.37. The van der Waals surface area contributed by atoms with Crippen LogP contribution in [-0.2, 0) is 12.4 Å². The van der Waals surface area contributed by atoms with E-state index in [0.717, 1.165) is 18.2 Å². The van der Waals surface area contributed by atoms with Crippen molar-refractivity contribution in [3.05, 3.63) is 53.3 Å². The number of carboxylic acids is 1. The fourth-order valence-corrected chi connectivity index (χ4v) is 1.98. The van der Waals surface area contributed by atoms with E-state index in [1.54, 1.807) is 0 Å². The van der Waals surface area contributed by atoms with Gasteiger partial charge in [-0.3, -0.25) is 4.98 Å². The molecule has 0 unspecified atom stereocenters. The molecule has 0 fully saturated rings. The van der Waals surface area contributed by atoms with Crippen LogP contribution < -0.4 is 0 Å². The van der Waals surface area contributed by atoms with Crippen LogP contribution in [-0.4, -0.2) is 16.1 Å². The van der Waals surface area contributed by atoms with Crippen LogP contribution in [0.5, 0.6) is 0 Å². The Kier molecular flexibility index (Phi) is 4.06. The maximum absolute atomic E-state index is 12.9. The van der Waals surface area contributed by atoms with Crippen molar-refractivity contribution in [1.29, 1.82) is 0 Å². The number of alkyl halides is 6. The average Bonchev–Trinajstić information content (AvgIpc) is 2.44. The molecule has 2 rings (SSSR count). The normalized spacial score (nSPS) is 12.3. The van der Waals surface area contributed by atoms with Crippen molar-refractivity contribution in [2.24, 2.45) is 0 Å². The molecular weight excluding hydrogens is 328 g/mol. The van der Waals surface area contributed by atoms with Gasteiger partial charge in [0.15, 0.2) is 0 Å². The third-order valence-electron chi connectivity index (χ3n) is 2.95. The van der Waals surface area contributed by atoms with E-state index >= 15 is 0 Å². The van der Waals surface area contributed by atoms with E-state index in [0.29, 0.717) is 18.3 Å². The molecule has 1 aromatic carbocycles. The van der Waals surface area contributed by atoms with Gasteiger partial charge in [-0.05, 0) is 17.7 Å². The Bertz CT molecular complexity index is 734. The lowest BCUT2D eigenvalue weighted by Crippen LogP contribution is -2.14. The number of pyridine rings is 1. The highest BCUT2D eigenvalue weighted by molar-refractivity contribution is 5.97. The molecule has 0 aliphatic rings. The zero-order chi connectivity index (χ0) is 17.4. The smallest absolute Gasteiger partial charge is 0.433 e. The van der Waals surface area contributed by atoms with E-state index in [2.05, 4.69) is 4.98 Å². The van der Waals surface area contributed by atoms with Crippen molar-refractivity contribution in [3.63, 3.8) is 0 Å². The van der Waals surface area contributed by atoms with Crippen molar-refractivity contribution in [2.75, 3.05) is 0 Å². The number of carbonyl (C=O) groups is 1. The average molecular weight is 335 g/mol. The monoisotopic (exact) mass is 335 g/mol. The van der Waals surface area contributed by atoms with Gasteiger partial charge in [0.2, 0.25) is 0 Å². The minimum absolute atomic E-state index is 0.165. The summed E-state index contributed by atoms with van der Waals surface area (Å²) in [5.41, 5.74) is -4.19. The Morgan fingerprint density at radius 2 is 1.61 bits per heavy atom. The van der Waals surface area contributed by atoms with Gasteiger partial charge in [0.25, 0.3) is 0 Å². The molecule has 122 valence electrons. The lowest BCUT2D eigenvalue weighted by molar-refractivity contribution is -0.141. The molecule has 0 atom stereocenters. The van der Waals surface area contributed by atoms with Gasteiger partial charge in [0.05, 0.1) is 11.1 Å². The number of hydrogen-bond donors (Lipinski definition) is 1. The SMILES string of the molecule is O=C(O)c1c(-c2ccc(C(F)(F)F)nc2)cccc1C(F)(F)F. The molecular formula is C14H7F6NO2. The fraction of sp³-hybridized carbons (Fsp3) is 0.143. The zero-order valence-electron chi connectivity index (χ0n) is 11.0. The zero-order valence-corrected chi connectivity index (χ0v) is 11.0. The minimum Gasteiger partial charge on any atom is -0.478 e. The van der Waals surface area contributed by atoms with Crippen molar-refractivity contribution < 1.29 is 36.2 Å². The second kappa shape index (κ2) is 5.56. The summed E-state index contributed by atoms with van der Waals surface area (Å²) in [6.45, 7) is 0. The van der Waals surface area contributed by atoms with Crippen LogP contribution in [0, 0.1) is 0 Å². The summed E-state index contributed by atoms with van der Waals surface area (Å²) in [4.78, 5) is 14.3. The van der Waals surface area contributed by atoms with Crippen molar-refractivity contribution >= 4 is 5.97 Å². The molecule has 0 saturated heterocycles. The standard InChI is InChI=1S/C14H7F6NO2/c15-13(16,17)9-3-1-2-8(11(9)12(22)23)7-4-5-10(21-6-7)14(18,19)20/h1-6H,(H,22,23). The van der Waals surface area contributed by atoms with E-state index in [1.165, 1.54) is 0 Å². The summed E-state index contributed by atoms with van der Waals surface area (Å²) in [6, 6.07) is 4.08. The van der Waals surface area contributed by atoms with Gasteiger partial charge < -0.3 is 5.11 Å². The van der Waals surface area contributed by atoms with Crippen LogP contribution in [0.2, 0.25) is 0 Å². The van der Waals surface area contributed by atoms with Gasteiger partial charge in [-0.15, -0.1) is 0 Å². The lowest BCUT2D eigenvalue weighted by Gasteiger charge is -2.14. The summed E-state index contributed by atoms with van der Waals surface area (Å²) in [5.74, 6) is -1.84. The Hall–Kier alpha value is -2.58. The highest BCUT2D eigenvalue weighted by Gasteiger charge is 2.37. The minimum atomic E-state index is -4.91. The summed E-state index contributed by atoms with van der Waals surface area (Å²) < 4.78 is 76.0. The fourth-order valence-electron chi connectivity index (χ4n) is 1.98. The van der Waals surface area contributed by atoms with Crippen LogP contribution in [0.25, 0.3) is 11.1 Å². The lowest BCUT2D eigenvalue weighted by atomic mass is 9.96. The third-order valence-corrected chi connectivity index (χ3v) is 2.95. The number of aromatic nitrogens is 1. The maximum atomic E-state index is 12.9. The van der Waals surface area contributed by atoms with E-state index in [4.69, 9.17) is 5.11 Å². The number of aromatic carboxylic acids is 1. The second-order valence-corrected chi connectivity index (χ2v) is 4.46. The molecule has 1 N–H and O–H groups in total. The number of benzene rings is 1. The summed E-state index contributed by atoms with van der Waals surface area (Å²) in [7, 11) is 0. The van der Waals surface area contributed by atoms with Crippen molar-refractivity contribution in [3.8, 4) is 11.1 Å². The van der Waals surface area contributed by atoms with Crippen LogP contribution in [0.15, 0.2) is 36.5 Å². The molecule has 0 saturated carbocycles. The number of nitrogens with zero attached hydrogens (tertiary/aromatic N) is 1. The van der Waals surface area contributed by atoms with Crippen LogP contribution in [0.3, 0.4) is 0 Å². The summed E-state index contributed by atoms with van der Waals surface area (Å²) in [5, 5.41) is 9.05. The molecule has 0 bridgehead atoms. The predicted octanol–water partition coefficient (Wildman–Crippen LogP) is 4.48.